The van der Waals surface area contributed by atoms with Gasteiger partial charge >= 0.3 is 6.18 Å². The molecule has 1 aromatic carbocycles. The Morgan fingerprint density at radius 3 is 2.52 bits per heavy atom. The molecular formula is C15H20F3N3. The van der Waals surface area contributed by atoms with Crippen LogP contribution in [-0.2, 0) is 11.6 Å². The first-order valence-corrected chi connectivity index (χ1v) is 6.91. The molecule has 3 nitrogen and oxygen atoms in total. The molecule has 0 bridgehead atoms. The number of nitrogens with one attached hydrogen (secondary N) is 2. The van der Waals surface area contributed by atoms with Gasteiger partial charge in [-0.1, -0.05) is 32.0 Å². The van der Waals surface area contributed by atoms with Crippen molar-refractivity contribution in [2.75, 3.05) is 13.1 Å². The SMILES string of the molecule is CC1CN=C(NCC(C)(C)c2cccc(C(F)(F)F)c2)N1. The second-order valence-corrected chi connectivity index (χ2v) is 6.05. The fourth-order valence-corrected chi connectivity index (χ4v) is 2.18. The molecule has 0 amide bonds. The Kier molecular flexibility index (Phi) is 4.16. The topological polar surface area (TPSA) is 36.4 Å². The van der Waals surface area contributed by atoms with E-state index in [2.05, 4.69) is 15.6 Å². The van der Waals surface area contributed by atoms with Crippen LogP contribution in [0.5, 0.6) is 0 Å². The number of hydrogen-bond acceptors (Lipinski definition) is 3. The molecule has 0 spiro atoms. The van der Waals surface area contributed by atoms with E-state index in [1.54, 1.807) is 6.07 Å². The van der Waals surface area contributed by atoms with Crippen molar-refractivity contribution in [2.45, 2.75) is 38.4 Å². The quantitative estimate of drug-likeness (QED) is 0.900. The highest BCUT2D eigenvalue weighted by molar-refractivity contribution is 5.81. The third-order valence-electron chi connectivity index (χ3n) is 3.58. The van der Waals surface area contributed by atoms with Gasteiger partial charge in [-0.25, -0.2) is 0 Å². The smallest absolute Gasteiger partial charge is 0.356 e. The molecule has 1 unspecified atom stereocenters. The molecule has 0 saturated carbocycles. The third kappa shape index (κ3) is 3.89. The first-order chi connectivity index (χ1) is 9.68. The zero-order valence-electron chi connectivity index (χ0n) is 12.4. The zero-order valence-corrected chi connectivity index (χ0v) is 12.4. The number of halogens is 3. The summed E-state index contributed by atoms with van der Waals surface area (Å²) < 4.78 is 38.4. The van der Waals surface area contributed by atoms with Gasteiger partial charge in [-0.2, -0.15) is 13.2 Å². The molecule has 0 aliphatic carbocycles. The third-order valence-corrected chi connectivity index (χ3v) is 3.58. The van der Waals surface area contributed by atoms with Crippen molar-refractivity contribution in [3.63, 3.8) is 0 Å². The maximum atomic E-state index is 12.8. The van der Waals surface area contributed by atoms with E-state index < -0.39 is 17.2 Å². The lowest BCUT2D eigenvalue weighted by Gasteiger charge is -2.27. The average molecular weight is 299 g/mol. The predicted molar refractivity (Wildman–Crippen MR) is 77.4 cm³/mol. The van der Waals surface area contributed by atoms with Crippen molar-refractivity contribution >= 4 is 5.96 Å². The average Bonchev–Trinajstić information content (AvgIpc) is 2.82. The van der Waals surface area contributed by atoms with Gasteiger partial charge in [0.25, 0.3) is 0 Å². The summed E-state index contributed by atoms with van der Waals surface area (Å²) in [5.74, 6) is 0.711. The van der Waals surface area contributed by atoms with Crippen LogP contribution < -0.4 is 10.6 Å². The number of nitrogens with zero attached hydrogens (tertiary/aromatic N) is 1. The first kappa shape index (κ1) is 15.7. The van der Waals surface area contributed by atoms with Gasteiger partial charge in [0, 0.05) is 18.0 Å². The summed E-state index contributed by atoms with van der Waals surface area (Å²) in [4.78, 5) is 4.28. The van der Waals surface area contributed by atoms with Crippen molar-refractivity contribution in [1.82, 2.24) is 10.6 Å². The highest BCUT2D eigenvalue weighted by atomic mass is 19.4. The molecule has 0 aromatic heterocycles. The Morgan fingerprint density at radius 2 is 1.95 bits per heavy atom. The highest BCUT2D eigenvalue weighted by Gasteiger charge is 2.32. The standard InChI is InChI=1S/C15H20F3N3/c1-10-8-19-13(21-10)20-9-14(2,3)11-5-4-6-12(7-11)15(16,17)18/h4-7,10H,8-9H2,1-3H3,(H2,19,20,21). The molecule has 6 heteroatoms. The Balaban J connectivity index is 2.08. The highest BCUT2D eigenvalue weighted by Crippen LogP contribution is 2.32. The Labute approximate surface area is 122 Å². The molecule has 2 N–H and O–H groups in total. The molecular weight excluding hydrogens is 279 g/mol. The molecule has 1 atom stereocenters. The molecule has 1 aromatic rings. The van der Waals surface area contributed by atoms with E-state index in [-0.39, 0.29) is 0 Å². The Bertz CT molecular complexity index is 535. The summed E-state index contributed by atoms with van der Waals surface area (Å²) in [6.45, 7) is 7.07. The lowest BCUT2D eigenvalue weighted by atomic mass is 9.84. The summed E-state index contributed by atoms with van der Waals surface area (Å²) in [6, 6.07) is 5.78. The Morgan fingerprint density at radius 1 is 1.29 bits per heavy atom. The molecule has 0 fully saturated rings. The van der Waals surface area contributed by atoms with Crippen LogP contribution in [0.1, 0.15) is 31.9 Å². The number of rotatable bonds is 3. The lowest BCUT2D eigenvalue weighted by molar-refractivity contribution is -0.137. The summed E-state index contributed by atoms with van der Waals surface area (Å²) in [6.07, 6.45) is -4.31. The van der Waals surface area contributed by atoms with Crippen molar-refractivity contribution in [1.29, 1.82) is 0 Å². The molecule has 1 aliphatic heterocycles. The minimum absolute atomic E-state index is 0.296. The molecule has 1 heterocycles. The minimum atomic E-state index is -4.31. The van der Waals surface area contributed by atoms with Crippen molar-refractivity contribution in [3.8, 4) is 0 Å². The van der Waals surface area contributed by atoms with E-state index in [0.717, 1.165) is 6.07 Å². The molecule has 2 rings (SSSR count). The molecule has 1 aliphatic rings. The van der Waals surface area contributed by atoms with Gasteiger partial charge in [-0.3, -0.25) is 4.99 Å². The number of alkyl halides is 3. The van der Waals surface area contributed by atoms with Crippen LogP contribution in [0.4, 0.5) is 13.2 Å². The van der Waals surface area contributed by atoms with Gasteiger partial charge in [0.1, 0.15) is 0 Å². The number of benzene rings is 1. The van der Waals surface area contributed by atoms with Crippen LogP contribution in [-0.4, -0.2) is 25.1 Å². The van der Waals surface area contributed by atoms with Gasteiger partial charge < -0.3 is 10.6 Å². The van der Waals surface area contributed by atoms with Gasteiger partial charge in [0.15, 0.2) is 5.96 Å². The van der Waals surface area contributed by atoms with Crippen molar-refractivity contribution < 1.29 is 13.2 Å². The van der Waals surface area contributed by atoms with E-state index in [1.165, 1.54) is 12.1 Å². The second kappa shape index (κ2) is 5.58. The molecule has 0 radical (unpaired) electrons. The van der Waals surface area contributed by atoms with Crippen molar-refractivity contribution in [2.24, 2.45) is 4.99 Å². The van der Waals surface area contributed by atoms with Crippen LogP contribution in [0, 0.1) is 0 Å². The summed E-state index contributed by atoms with van der Waals surface area (Å²) in [5, 5.41) is 6.34. The zero-order chi connectivity index (χ0) is 15.7. The van der Waals surface area contributed by atoms with E-state index in [1.807, 2.05) is 20.8 Å². The van der Waals surface area contributed by atoms with Crippen LogP contribution in [0.25, 0.3) is 0 Å². The van der Waals surface area contributed by atoms with E-state index in [0.29, 0.717) is 30.7 Å². The van der Waals surface area contributed by atoms with E-state index in [9.17, 15) is 13.2 Å². The Hall–Kier alpha value is -1.72. The fourth-order valence-electron chi connectivity index (χ4n) is 2.18. The summed E-state index contributed by atoms with van der Waals surface area (Å²) in [5.41, 5.74) is -0.397. The predicted octanol–water partition coefficient (Wildman–Crippen LogP) is 2.92. The van der Waals surface area contributed by atoms with Crippen LogP contribution in [0.15, 0.2) is 29.3 Å². The number of guanidine groups is 1. The van der Waals surface area contributed by atoms with Gasteiger partial charge in [0.05, 0.1) is 12.1 Å². The maximum Gasteiger partial charge on any atom is 0.416 e. The van der Waals surface area contributed by atoms with Crippen LogP contribution in [0.3, 0.4) is 0 Å². The summed E-state index contributed by atoms with van der Waals surface area (Å²) in [7, 11) is 0. The summed E-state index contributed by atoms with van der Waals surface area (Å²) >= 11 is 0. The normalized spacial score (nSPS) is 19.1. The van der Waals surface area contributed by atoms with E-state index >= 15 is 0 Å². The van der Waals surface area contributed by atoms with Gasteiger partial charge in [-0.05, 0) is 18.6 Å². The van der Waals surface area contributed by atoms with Gasteiger partial charge in [0.2, 0.25) is 0 Å². The fraction of sp³-hybridized carbons (Fsp3) is 0.533. The molecule has 0 saturated heterocycles. The second-order valence-electron chi connectivity index (χ2n) is 6.05. The van der Waals surface area contributed by atoms with Crippen molar-refractivity contribution in [3.05, 3.63) is 35.4 Å². The number of hydrogen-bond donors (Lipinski definition) is 2. The maximum absolute atomic E-state index is 12.8. The largest absolute Gasteiger partial charge is 0.416 e. The minimum Gasteiger partial charge on any atom is -0.356 e. The monoisotopic (exact) mass is 299 g/mol. The lowest BCUT2D eigenvalue weighted by Crippen LogP contribution is -2.43. The first-order valence-electron chi connectivity index (χ1n) is 6.91. The van der Waals surface area contributed by atoms with Crippen LogP contribution in [0.2, 0.25) is 0 Å². The number of aliphatic imine (C=N–C) groups is 1. The van der Waals surface area contributed by atoms with E-state index in [4.69, 9.17) is 0 Å². The molecule has 116 valence electrons. The van der Waals surface area contributed by atoms with Gasteiger partial charge in [-0.15, -0.1) is 0 Å². The van der Waals surface area contributed by atoms with Crippen LogP contribution >= 0.6 is 0 Å². The molecule has 21 heavy (non-hydrogen) atoms.